The lowest BCUT2D eigenvalue weighted by molar-refractivity contribution is -0.123. The van der Waals surface area contributed by atoms with E-state index in [1.54, 1.807) is 6.92 Å². The summed E-state index contributed by atoms with van der Waals surface area (Å²) in [5, 5.41) is 3.33. The highest BCUT2D eigenvalue weighted by Gasteiger charge is 2.20. The summed E-state index contributed by atoms with van der Waals surface area (Å²) < 4.78 is 1.63. The fraction of sp³-hybridized carbons (Fsp3) is 0.462. The number of hydrogen-bond donors (Lipinski definition) is 2. The molecule has 0 saturated carbocycles. The third kappa shape index (κ3) is 2.31. The van der Waals surface area contributed by atoms with Crippen LogP contribution in [0.3, 0.4) is 0 Å². The van der Waals surface area contributed by atoms with Gasteiger partial charge in [-0.1, -0.05) is 0 Å². The Labute approximate surface area is 125 Å². The highest BCUT2D eigenvalue weighted by atomic mass is 32.1. The maximum atomic E-state index is 12.6. The number of H-pyrrole nitrogens is 1. The van der Waals surface area contributed by atoms with E-state index < -0.39 is 6.04 Å². The highest BCUT2D eigenvalue weighted by Crippen LogP contribution is 2.26. The lowest BCUT2D eigenvalue weighted by atomic mass is 10.2. The van der Waals surface area contributed by atoms with Crippen LogP contribution in [0.5, 0.6) is 0 Å². The zero-order valence-corrected chi connectivity index (χ0v) is 13.5. The summed E-state index contributed by atoms with van der Waals surface area (Å²) in [4.78, 5) is 29.5. The summed E-state index contributed by atoms with van der Waals surface area (Å²) in [6.07, 6.45) is 0. The van der Waals surface area contributed by atoms with Crippen LogP contribution in [-0.2, 0) is 4.79 Å². The van der Waals surface area contributed by atoms with Gasteiger partial charge in [-0.3, -0.25) is 14.2 Å². The molecule has 1 amide bonds. The van der Waals surface area contributed by atoms with Crippen LogP contribution in [-0.4, -0.2) is 22.0 Å². The largest absolute Gasteiger partial charge is 0.355 e. The Morgan fingerprint density at radius 3 is 2.75 bits per heavy atom. The van der Waals surface area contributed by atoms with Crippen LogP contribution in [0, 0.1) is 18.6 Å². The van der Waals surface area contributed by atoms with Gasteiger partial charge in [0.05, 0.1) is 5.39 Å². The molecule has 0 spiro atoms. The average Bonchev–Trinajstić information content (AvgIpc) is 2.64. The second-order valence-corrected chi connectivity index (χ2v) is 6.27. The van der Waals surface area contributed by atoms with Gasteiger partial charge in [0.2, 0.25) is 5.91 Å². The van der Waals surface area contributed by atoms with Crippen LogP contribution >= 0.6 is 23.6 Å². The fourth-order valence-electron chi connectivity index (χ4n) is 2.13. The number of amides is 1. The molecule has 0 aromatic carbocycles. The quantitative estimate of drug-likeness (QED) is 0.856. The van der Waals surface area contributed by atoms with Crippen molar-refractivity contribution in [3.8, 4) is 0 Å². The fourth-order valence-corrected chi connectivity index (χ4v) is 3.59. The van der Waals surface area contributed by atoms with Gasteiger partial charge >= 0.3 is 0 Å². The summed E-state index contributed by atoms with van der Waals surface area (Å²) in [5.74, 6) is -0.210. The van der Waals surface area contributed by atoms with Crippen LogP contribution in [0.2, 0.25) is 0 Å². The van der Waals surface area contributed by atoms with Crippen molar-refractivity contribution in [2.45, 2.75) is 33.7 Å². The number of fused-ring (bicyclic) bond motifs is 1. The Balaban J connectivity index is 2.71. The predicted octanol–water partition coefficient (Wildman–Crippen LogP) is 2.43. The molecular weight excluding hydrogens is 294 g/mol. The molecule has 20 heavy (non-hydrogen) atoms. The molecule has 2 heterocycles. The molecule has 2 rings (SSSR count). The predicted molar refractivity (Wildman–Crippen MR) is 84.1 cm³/mol. The molecule has 0 aliphatic rings. The molecule has 0 aliphatic heterocycles. The minimum absolute atomic E-state index is 0.204. The molecule has 2 aromatic rings. The van der Waals surface area contributed by atoms with Gasteiger partial charge in [0.15, 0.2) is 4.77 Å². The molecule has 5 nitrogen and oxygen atoms in total. The van der Waals surface area contributed by atoms with Gasteiger partial charge in [-0.2, -0.15) is 0 Å². The van der Waals surface area contributed by atoms with Gasteiger partial charge in [-0.15, -0.1) is 11.3 Å². The van der Waals surface area contributed by atoms with Crippen molar-refractivity contribution < 1.29 is 4.79 Å². The molecule has 1 unspecified atom stereocenters. The van der Waals surface area contributed by atoms with E-state index in [4.69, 9.17) is 12.2 Å². The third-order valence-electron chi connectivity index (χ3n) is 3.37. The van der Waals surface area contributed by atoms with E-state index in [2.05, 4.69) is 10.3 Å². The van der Waals surface area contributed by atoms with Gasteiger partial charge in [-0.05, 0) is 45.5 Å². The standard InChI is InChI=1S/C13H17N3O2S2/c1-5-14-10(17)7(3)16-12(18)9-6(2)8(4)20-11(9)15-13(16)19/h7H,5H2,1-4H3,(H,14,17)(H,15,19). The Bertz CT molecular complexity index is 785. The van der Waals surface area contributed by atoms with Crippen molar-refractivity contribution in [2.75, 3.05) is 6.54 Å². The first kappa shape index (κ1) is 14.9. The molecule has 0 aliphatic carbocycles. The number of carbonyl (C=O) groups is 1. The number of thiophene rings is 1. The second kappa shape index (κ2) is 5.49. The van der Waals surface area contributed by atoms with Crippen molar-refractivity contribution >= 4 is 39.7 Å². The number of aromatic nitrogens is 2. The lowest BCUT2D eigenvalue weighted by Gasteiger charge is -2.14. The number of aryl methyl sites for hydroxylation is 2. The molecular formula is C13H17N3O2S2. The van der Waals surface area contributed by atoms with E-state index in [0.29, 0.717) is 11.9 Å². The molecule has 0 fully saturated rings. The SMILES string of the molecule is CCNC(=O)C(C)n1c(=S)[nH]c2sc(C)c(C)c2c1=O. The van der Waals surface area contributed by atoms with Crippen LogP contribution in [0.15, 0.2) is 4.79 Å². The van der Waals surface area contributed by atoms with Gasteiger partial charge in [0.1, 0.15) is 10.9 Å². The third-order valence-corrected chi connectivity index (χ3v) is 4.80. The van der Waals surface area contributed by atoms with Crippen LogP contribution < -0.4 is 10.9 Å². The van der Waals surface area contributed by atoms with Crippen molar-refractivity contribution in [3.63, 3.8) is 0 Å². The van der Waals surface area contributed by atoms with Crippen LogP contribution in [0.4, 0.5) is 0 Å². The maximum Gasteiger partial charge on any atom is 0.264 e. The van der Waals surface area contributed by atoms with E-state index >= 15 is 0 Å². The minimum atomic E-state index is -0.629. The van der Waals surface area contributed by atoms with Crippen molar-refractivity contribution in [1.82, 2.24) is 14.9 Å². The molecule has 7 heteroatoms. The Morgan fingerprint density at radius 2 is 2.15 bits per heavy atom. The lowest BCUT2D eigenvalue weighted by Crippen LogP contribution is -2.36. The number of rotatable bonds is 3. The Morgan fingerprint density at radius 1 is 1.50 bits per heavy atom. The summed E-state index contributed by atoms with van der Waals surface area (Å²) >= 11 is 6.74. The number of likely N-dealkylation sites (N-methyl/N-ethyl adjacent to an activating group) is 1. The molecule has 1 atom stereocenters. The van der Waals surface area contributed by atoms with Crippen molar-refractivity contribution in [2.24, 2.45) is 0 Å². The van der Waals surface area contributed by atoms with Crippen LogP contribution in [0.25, 0.3) is 10.2 Å². The van der Waals surface area contributed by atoms with Gasteiger partial charge in [-0.25, -0.2) is 0 Å². The molecule has 0 saturated heterocycles. The summed E-state index contributed by atoms with van der Waals surface area (Å²) in [7, 11) is 0. The minimum Gasteiger partial charge on any atom is -0.355 e. The number of aromatic amines is 1. The van der Waals surface area contributed by atoms with E-state index in [1.165, 1.54) is 15.9 Å². The zero-order chi connectivity index (χ0) is 15.0. The topological polar surface area (TPSA) is 66.9 Å². The Hall–Kier alpha value is -1.47. The monoisotopic (exact) mass is 311 g/mol. The zero-order valence-electron chi connectivity index (χ0n) is 11.9. The first-order valence-electron chi connectivity index (χ1n) is 6.40. The van der Waals surface area contributed by atoms with E-state index in [9.17, 15) is 9.59 Å². The van der Waals surface area contributed by atoms with Gasteiger partial charge in [0, 0.05) is 11.4 Å². The number of nitrogens with zero attached hydrogens (tertiary/aromatic N) is 1. The summed E-state index contributed by atoms with van der Waals surface area (Å²) in [6.45, 7) is 7.91. The Kier molecular flexibility index (Phi) is 4.10. The van der Waals surface area contributed by atoms with E-state index in [0.717, 1.165) is 15.3 Å². The molecule has 0 bridgehead atoms. The smallest absolute Gasteiger partial charge is 0.264 e. The summed E-state index contributed by atoms with van der Waals surface area (Å²) in [6, 6.07) is -0.629. The first-order chi connectivity index (χ1) is 9.38. The van der Waals surface area contributed by atoms with Gasteiger partial charge in [0.25, 0.3) is 5.56 Å². The normalized spacial score (nSPS) is 12.6. The van der Waals surface area contributed by atoms with E-state index in [1.807, 2.05) is 20.8 Å². The van der Waals surface area contributed by atoms with Gasteiger partial charge < -0.3 is 10.3 Å². The van der Waals surface area contributed by atoms with Crippen molar-refractivity contribution in [1.29, 1.82) is 0 Å². The van der Waals surface area contributed by atoms with Crippen molar-refractivity contribution in [3.05, 3.63) is 25.6 Å². The highest BCUT2D eigenvalue weighted by molar-refractivity contribution is 7.71. The van der Waals surface area contributed by atoms with E-state index in [-0.39, 0.29) is 16.2 Å². The maximum absolute atomic E-state index is 12.6. The average molecular weight is 311 g/mol. The van der Waals surface area contributed by atoms with Crippen LogP contribution in [0.1, 0.15) is 30.3 Å². The molecule has 2 aromatic heterocycles. The first-order valence-corrected chi connectivity index (χ1v) is 7.63. The molecule has 2 N–H and O–H groups in total. The summed E-state index contributed by atoms with van der Waals surface area (Å²) in [5.41, 5.74) is 0.738. The number of hydrogen-bond acceptors (Lipinski definition) is 4. The molecule has 0 radical (unpaired) electrons. The number of nitrogens with one attached hydrogen (secondary N) is 2. The molecule has 108 valence electrons. The second-order valence-electron chi connectivity index (χ2n) is 4.66. The number of carbonyl (C=O) groups excluding carboxylic acids is 1.